The zero-order chi connectivity index (χ0) is 46.7. The van der Waals surface area contributed by atoms with E-state index in [4.69, 9.17) is 4.74 Å². The fraction of sp³-hybridized carbons (Fsp3) is 0.604. The van der Waals surface area contributed by atoms with Crippen LogP contribution < -0.4 is 4.74 Å². The number of nitrogens with zero attached hydrogens (tertiary/aromatic N) is 7. The SMILES string of the molecule is CN(C)C1(c2ccccc2)CCC2(CC1)CN(CC(=O)O)C(=O)N2CC1CCC1.COc1ccc(CC(=O)CN2CC3(CCC(c4ccccc4)(N(C)C)CC3)N(CC3CCC3)C2=O)nc1. The molecule has 6 aliphatic rings. The van der Waals surface area contributed by atoms with Gasteiger partial charge in [-0.2, -0.15) is 0 Å². The molecule has 0 unspecified atom stereocenters. The number of carbonyl (C=O) groups excluding carboxylic acids is 3. The first-order chi connectivity index (χ1) is 31.7. The Kier molecular flexibility index (Phi) is 14.2. The maximum atomic E-state index is 13.7. The Balaban J connectivity index is 0.000000185. The van der Waals surface area contributed by atoms with E-state index in [9.17, 15) is 24.3 Å². The van der Waals surface area contributed by atoms with Crippen molar-refractivity contribution in [3.63, 3.8) is 0 Å². The summed E-state index contributed by atoms with van der Waals surface area (Å²) in [6.07, 6.45) is 16.8. The number of Topliss-reactive ketones (excluding diaryl/α,β-unsaturated/α-hetero) is 1. The lowest BCUT2D eigenvalue weighted by atomic mass is 9.68. The van der Waals surface area contributed by atoms with E-state index in [0.29, 0.717) is 36.4 Å². The number of pyridine rings is 1. The van der Waals surface area contributed by atoms with Gasteiger partial charge in [0.15, 0.2) is 5.78 Å². The molecule has 4 saturated carbocycles. The van der Waals surface area contributed by atoms with Crippen molar-refractivity contribution in [3.8, 4) is 5.75 Å². The molecule has 0 bridgehead atoms. The number of ether oxygens (including phenoxy) is 1. The Labute approximate surface area is 392 Å². The summed E-state index contributed by atoms with van der Waals surface area (Å²) in [5.74, 6) is 0.933. The van der Waals surface area contributed by atoms with Crippen molar-refractivity contribution in [2.45, 2.75) is 118 Å². The lowest BCUT2D eigenvalue weighted by Crippen LogP contribution is -2.56. The number of benzene rings is 2. The number of rotatable bonds is 15. The van der Waals surface area contributed by atoms with E-state index in [1.807, 2.05) is 17.0 Å². The van der Waals surface area contributed by atoms with Gasteiger partial charge in [0.05, 0.1) is 37.4 Å². The third-order valence-corrected chi connectivity index (χ3v) is 16.9. The molecule has 4 amide bonds. The molecule has 9 rings (SSSR count). The fourth-order valence-corrected chi connectivity index (χ4v) is 12.3. The van der Waals surface area contributed by atoms with Crippen LogP contribution in [0.1, 0.15) is 107 Å². The van der Waals surface area contributed by atoms with Gasteiger partial charge in [-0.15, -0.1) is 0 Å². The molecule has 13 nitrogen and oxygen atoms in total. The van der Waals surface area contributed by atoms with Crippen LogP contribution in [0.5, 0.6) is 5.75 Å². The van der Waals surface area contributed by atoms with Crippen molar-refractivity contribution >= 4 is 23.8 Å². The molecule has 13 heteroatoms. The van der Waals surface area contributed by atoms with Crippen molar-refractivity contribution in [2.24, 2.45) is 11.8 Å². The molecule has 1 aromatic heterocycles. The standard InChI is InChI=1S/C30H40N4O3.C23H33N3O3/c1-32(2)30(24-10-5-4-6-11-24)16-14-29(15-17-30)22-33(28(36)34(29)20-23-8-7-9-23)21-26(35)18-25-12-13-27(37-3)19-31-25;1-24(2)23(19-9-4-3-5-10-19)13-11-22(12-14-23)17-25(16-20(27)28)21(29)26(22)15-18-7-6-8-18/h4-6,10-13,19,23H,7-9,14-18,20-22H2,1-3H3;3-5,9-10,18H,6-8,11-17H2,1-2H3,(H,27,28). The number of urea groups is 2. The van der Waals surface area contributed by atoms with E-state index in [1.54, 1.807) is 18.2 Å². The van der Waals surface area contributed by atoms with Crippen molar-refractivity contribution in [3.05, 3.63) is 95.8 Å². The number of methoxy groups -OCH3 is 1. The quantitative estimate of drug-likeness (QED) is 0.162. The summed E-state index contributed by atoms with van der Waals surface area (Å²) in [5, 5.41) is 9.29. The van der Waals surface area contributed by atoms with Crippen LogP contribution in [0.15, 0.2) is 79.0 Å². The number of aromatic nitrogens is 1. The molecular weight excluding hydrogens is 831 g/mol. The van der Waals surface area contributed by atoms with Gasteiger partial charge in [0.2, 0.25) is 0 Å². The molecule has 2 spiro atoms. The first-order valence-electron chi connectivity index (χ1n) is 24.5. The maximum absolute atomic E-state index is 13.7. The predicted molar refractivity (Wildman–Crippen MR) is 255 cm³/mol. The smallest absolute Gasteiger partial charge is 0.323 e. The number of carboxylic acid groups (broad SMARTS) is 1. The molecule has 3 aromatic rings. The van der Waals surface area contributed by atoms with Crippen LogP contribution in [0.4, 0.5) is 9.59 Å². The number of carboxylic acids is 1. The highest BCUT2D eigenvalue weighted by molar-refractivity contribution is 5.88. The number of carbonyl (C=O) groups is 4. The Morgan fingerprint density at radius 1 is 0.652 bits per heavy atom. The van der Waals surface area contributed by atoms with Crippen LogP contribution in [0.3, 0.4) is 0 Å². The summed E-state index contributed by atoms with van der Waals surface area (Å²) in [7, 11) is 10.2. The molecule has 1 N–H and O–H groups in total. The Bertz CT molecular complexity index is 2140. The van der Waals surface area contributed by atoms with Gasteiger partial charge in [-0.25, -0.2) is 9.59 Å². The normalized spacial score (nSPS) is 27.9. The van der Waals surface area contributed by atoms with Crippen molar-refractivity contribution in [1.29, 1.82) is 0 Å². The monoisotopic (exact) mass is 904 g/mol. The summed E-state index contributed by atoms with van der Waals surface area (Å²) in [6.45, 7) is 2.74. The molecule has 4 aliphatic carbocycles. The molecule has 2 aliphatic heterocycles. The van der Waals surface area contributed by atoms with Gasteiger partial charge in [-0.3, -0.25) is 24.4 Å². The summed E-state index contributed by atoms with van der Waals surface area (Å²) < 4.78 is 5.17. The molecule has 3 heterocycles. The van der Waals surface area contributed by atoms with E-state index in [2.05, 4.69) is 113 Å². The minimum absolute atomic E-state index is 0.0226. The van der Waals surface area contributed by atoms with Crippen LogP contribution in [-0.4, -0.2) is 149 Å². The van der Waals surface area contributed by atoms with Crippen LogP contribution in [0.2, 0.25) is 0 Å². The van der Waals surface area contributed by atoms with Gasteiger partial charge in [0, 0.05) is 43.0 Å². The average molecular weight is 904 g/mol. The van der Waals surface area contributed by atoms with E-state index in [-0.39, 0.29) is 59.5 Å². The van der Waals surface area contributed by atoms with Crippen LogP contribution in [-0.2, 0) is 27.1 Å². The molecule has 66 heavy (non-hydrogen) atoms. The van der Waals surface area contributed by atoms with E-state index in [0.717, 1.165) is 64.5 Å². The highest BCUT2D eigenvalue weighted by Gasteiger charge is 2.57. The molecule has 0 radical (unpaired) electrons. The minimum Gasteiger partial charge on any atom is -0.495 e. The average Bonchev–Trinajstić information content (AvgIpc) is 3.67. The third kappa shape index (κ3) is 9.44. The second-order valence-corrected chi connectivity index (χ2v) is 20.9. The summed E-state index contributed by atoms with van der Waals surface area (Å²) in [5.41, 5.74) is 2.91. The first-order valence-corrected chi connectivity index (χ1v) is 24.5. The lowest BCUT2D eigenvalue weighted by Gasteiger charge is -2.51. The van der Waals surface area contributed by atoms with Gasteiger partial charge < -0.3 is 29.4 Å². The van der Waals surface area contributed by atoms with Gasteiger partial charge >= 0.3 is 18.0 Å². The van der Waals surface area contributed by atoms with Gasteiger partial charge in [0.1, 0.15) is 12.3 Å². The zero-order valence-corrected chi connectivity index (χ0v) is 40.1. The first kappa shape index (κ1) is 47.5. The number of aliphatic carboxylic acids is 1. The van der Waals surface area contributed by atoms with Crippen molar-refractivity contribution in [1.82, 2.24) is 34.4 Å². The van der Waals surface area contributed by atoms with Crippen LogP contribution in [0, 0.1) is 11.8 Å². The van der Waals surface area contributed by atoms with E-state index >= 15 is 0 Å². The Morgan fingerprint density at radius 2 is 1.09 bits per heavy atom. The van der Waals surface area contributed by atoms with Crippen LogP contribution in [0.25, 0.3) is 0 Å². The maximum Gasteiger partial charge on any atom is 0.323 e. The molecule has 6 fully saturated rings. The molecule has 2 saturated heterocycles. The Morgan fingerprint density at radius 3 is 1.44 bits per heavy atom. The van der Waals surface area contributed by atoms with Crippen molar-refractivity contribution < 1.29 is 29.0 Å². The fourth-order valence-electron chi connectivity index (χ4n) is 12.3. The summed E-state index contributed by atoms with van der Waals surface area (Å²) >= 11 is 0. The topological polar surface area (TPSA) is 130 Å². The zero-order valence-electron chi connectivity index (χ0n) is 40.1. The summed E-state index contributed by atoms with van der Waals surface area (Å²) in [6, 6.07) is 25.1. The number of hydrogen-bond acceptors (Lipinski definition) is 8. The molecule has 2 aromatic carbocycles. The number of ketones is 1. The third-order valence-electron chi connectivity index (χ3n) is 16.9. The molecular formula is C53H73N7O6. The second kappa shape index (κ2) is 19.7. The number of hydrogen-bond donors (Lipinski definition) is 1. The van der Waals surface area contributed by atoms with E-state index < -0.39 is 5.97 Å². The van der Waals surface area contributed by atoms with Crippen LogP contribution >= 0.6 is 0 Å². The largest absolute Gasteiger partial charge is 0.495 e. The predicted octanol–water partition coefficient (Wildman–Crippen LogP) is 7.89. The molecule has 356 valence electrons. The summed E-state index contributed by atoms with van der Waals surface area (Å²) in [4.78, 5) is 67.9. The minimum atomic E-state index is -0.929. The van der Waals surface area contributed by atoms with Crippen molar-refractivity contribution in [2.75, 3.05) is 74.6 Å². The lowest BCUT2D eigenvalue weighted by molar-refractivity contribution is -0.137. The van der Waals surface area contributed by atoms with Gasteiger partial charge in [-0.05, 0) is 140 Å². The van der Waals surface area contributed by atoms with Gasteiger partial charge in [0.25, 0.3) is 0 Å². The molecule has 0 atom stereocenters. The highest BCUT2D eigenvalue weighted by Crippen LogP contribution is 2.51. The number of amides is 4. The van der Waals surface area contributed by atoms with E-state index in [1.165, 1.54) is 49.7 Å². The van der Waals surface area contributed by atoms with Gasteiger partial charge in [-0.1, -0.05) is 73.5 Å². The second-order valence-electron chi connectivity index (χ2n) is 20.9. The highest BCUT2D eigenvalue weighted by atomic mass is 16.5. The Hall–Kier alpha value is -5.01.